The lowest BCUT2D eigenvalue weighted by Gasteiger charge is -2.15. The van der Waals surface area contributed by atoms with Gasteiger partial charge in [-0.1, -0.05) is 29.3 Å². The normalized spacial score (nSPS) is 11.8. The molecular formula is C14H7Cl2F5O. The average molecular weight is 357 g/mol. The van der Waals surface area contributed by atoms with Gasteiger partial charge in [0.15, 0.2) is 0 Å². The van der Waals surface area contributed by atoms with E-state index in [1.54, 1.807) is 0 Å². The molecule has 1 nitrogen and oxygen atoms in total. The fourth-order valence-electron chi connectivity index (χ4n) is 1.82. The number of hydrogen-bond donors (Lipinski definition) is 0. The number of ether oxygens (including phenoxy) is 1. The van der Waals surface area contributed by atoms with Gasteiger partial charge < -0.3 is 4.74 Å². The van der Waals surface area contributed by atoms with Crippen LogP contribution in [0, 0.1) is 0 Å². The van der Waals surface area contributed by atoms with E-state index in [2.05, 4.69) is 4.74 Å². The summed E-state index contributed by atoms with van der Waals surface area (Å²) < 4.78 is 67.2. The third-order valence-corrected chi connectivity index (χ3v) is 3.29. The van der Waals surface area contributed by atoms with Crippen LogP contribution in [0.1, 0.15) is 5.56 Å². The quantitative estimate of drug-likeness (QED) is 0.588. The van der Waals surface area contributed by atoms with Crippen molar-refractivity contribution in [2.24, 2.45) is 0 Å². The first kappa shape index (κ1) is 16.8. The van der Waals surface area contributed by atoms with Gasteiger partial charge in [-0.25, -0.2) is 0 Å². The molecule has 2 rings (SSSR count). The lowest BCUT2D eigenvalue weighted by Crippen LogP contribution is -2.08. The molecule has 0 saturated heterocycles. The Balaban J connectivity index is 2.59. The van der Waals surface area contributed by atoms with Crippen molar-refractivity contribution >= 4 is 23.2 Å². The van der Waals surface area contributed by atoms with Gasteiger partial charge >= 0.3 is 12.8 Å². The van der Waals surface area contributed by atoms with E-state index in [1.807, 2.05) is 0 Å². The number of benzene rings is 2. The van der Waals surface area contributed by atoms with E-state index >= 15 is 0 Å². The maximum absolute atomic E-state index is 12.7. The Morgan fingerprint density at radius 3 is 2.09 bits per heavy atom. The van der Waals surface area contributed by atoms with Crippen molar-refractivity contribution in [3.63, 3.8) is 0 Å². The highest BCUT2D eigenvalue weighted by molar-refractivity contribution is 6.36. The lowest BCUT2D eigenvalue weighted by molar-refractivity contribution is -0.138. The molecule has 0 aliphatic rings. The van der Waals surface area contributed by atoms with Crippen LogP contribution in [0.2, 0.25) is 10.0 Å². The van der Waals surface area contributed by atoms with Gasteiger partial charge in [-0.15, -0.1) is 0 Å². The van der Waals surface area contributed by atoms with Crippen LogP contribution in [-0.2, 0) is 6.18 Å². The number of rotatable bonds is 3. The van der Waals surface area contributed by atoms with Crippen LogP contribution in [0.3, 0.4) is 0 Å². The van der Waals surface area contributed by atoms with E-state index in [4.69, 9.17) is 23.2 Å². The van der Waals surface area contributed by atoms with Crippen molar-refractivity contribution in [2.45, 2.75) is 12.8 Å². The van der Waals surface area contributed by atoms with Crippen LogP contribution < -0.4 is 4.74 Å². The molecule has 0 radical (unpaired) electrons. The minimum absolute atomic E-state index is 0.00923. The summed E-state index contributed by atoms with van der Waals surface area (Å²) in [6, 6.07) is 6.49. The van der Waals surface area contributed by atoms with Gasteiger partial charge in [0.2, 0.25) is 0 Å². The SMILES string of the molecule is FC(F)Oc1cc(C(F)(F)F)ccc1-c1ccc(Cl)cc1Cl. The molecule has 0 unspecified atom stereocenters. The molecule has 118 valence electrons. The summed E-state index contributed by atoms with van der Waals surface area (Å²) >= 11 is 11.7. The molecule has 2 aromatic rings. The highest BCUT2D eigenvalue weighted by atomic mass is 35.5. The predicted molar refractivity (Wildman–Crippen MR) is 73.5 cm³/mol. The van der Waals surface area contributed by atoms with E-state index in [0.29, 0.717) is 11.1 Å². The zero-order chi connectivity index (χ0) is 16.5. The predicted octanol–water partition coefficient (Wildman–Crippen LogP) is 6.28. The van der Waals surface area contributed by atoms with Gasteiger partial charge in [-0.3, -0.25) is 0 Å². The highest BCUT2D eigenvalue weighted by Crippen LogP contribution is 2.40. The van der Waals surface area contributed by atoms with Gasteiger partial charge in [-0.05, 0) is 30.3 Å². The third kappa shape index (κ3) is 3.81. The standard InChI is InChI=1S/C14H7Cl2F5O/c15-8-2-4-9(11(16)6-8)10-3-1-7(14(19,20)21)5-12(10)22-13(17)18/h1-6,13H. The fourth-order valence-corrected chi connectivity index (χ4v) is 2.33. The second-order valence-corrected chi connectivity index (χ2v) is 5.06. The molecule has 0 amide bonds. The fraction of sp³-hybridized carbons (Fsp3) is 0.143. The highest BCUT2D eigenvalue weighted by Gasteiger charge is 2.32. The Morgan fingerprint density at radius 1 is 0.909 bits per heavy atom. The lowest BCUT2D eigenvalue weighted by atomic mass is 10.0. The molecule has 2 aromatic carbocycles. The van der Waals surface area contributed by atoms with E-state index in [0.717, 1.165) is 12.1 Å². The van der Waals surface area contributed by atoms with E-state index in [9.17, 15) is 22.0 Å². The van der Waals surface area contributed by atoms with Crippen LogP contribution in [0.5, 0.6) is 5.75 Å². The second-order valence-electron chi connectivity index (χ2n) is 4.21. The Kier molecular flexibility index (Phi) is 4.82. The van der Waals surface area contributed by atoms with Gasteiger partial charge in [0, 0.05) is 16.1 Å². The zero-order valence-electron chi connectivity index (χ0n) is 10.6. The molecule has 0 bridgehead atoms. The number of halogens is 7. The number of alkyl halides is 5. The third-order valence-electron chi connectivity index (χ3n) is 2.75. The molecule has 0 aromatic heterocycles. The molecule has 0 saturated carbocycles. The summed E-state index contributed by atoms with van der Waals surface area (Å²) in [7, 11) is 0. The topological polar surface area (TPSA) is 9.23 Å². The van der Waals surface area contributed by atoms with Crippen molar-refractivity contribution in [1.29, 1.82) is 0 Å². The van der Waals surface area contributed by atoms with Crippen molar-refractivity contribution in [2.75, 3.05) is 0 Å². The first-order valence-electron chi connectivity index (χ1n) is 5.80. The van der Waals surface area contributed by atoms with Gasteiger partial charge in [0.05, 0.1) is 10.6 Å². The maximum atomic E-state index is 12.7. The van der Waals surface area contributed by atoms with Crippen molar-refractivity contribution in [1.82, 2.24) is 0 Å². The van der Waals surface area contributed by atoms with Crippen molar-refractivity contribution in [3.8, 4) is 16.9 Å². The summed E-state index contributed by atoms with van der Waals surface area (Å²) in [6.45, 7) is -3.27. The monoisotopic (exact) mass is 356 g/mol. The molecule has 0 aliphatic heterocycles. The second kappa shape index (κ2) is 6.30. The summed E-state index contributed by atoms with van der Waals surface area (Å²) in [4.78, 5) is 0. The molecule has 8 heteroatoms. The summed E-state index contributed by atoms with van der Waals surface area (Å²) in [6.07, 6.45) is -4.68. The van der Waals surface area contributed by atoms with Crippen LogP contribution in [0.25, 0.3) is 11.1 Å². The largest absolute Gasteiger partial charge is 0.434 e. The molecule has 0 N–H and O–H groups in total. The van der Waals surface area contributed by atoms with E-state index in [1.165, 1.54) is 18.2 Å². The van der Waals surface area contributed by atoms with Gasteiger partial charge in [-0.2, -0.15) is 22.0 Å². The molecule has 0 spiro atoms. The Labute approximate surface area is 132 Å². The van der Waals surface area contributed by atoms with Crippen molar-refractivity contribution < 1.29 is 26.7 Å². The van der Waals surface area contributed by atoms with Crippen LogP contribution in [0.15, 0.2) is 36.4 Å². The van der Waals surface area contributed by atoms with E-state index in [-0.39, 0.29) is 16.1 Å². The molecule has 0 heterocycles. The summed E-state index contributed by atoms with van der Waals surface area (Å²) in [5, 5.41) is 0.406. The molecule has 22 heavy (non-hydrogen) atoms. The maximum Gasteiger partial charge on any atom is 0.416 e. The van der Waals surface area contributed by atoms with Crippen molar-refractivity contribution in [3.05, 3.63) is 52.0 Å². The number of hydrogen-bond acceptors (Lipinski definition) is 1. The molecule has 0 atom stereocenters. The minimum Gasteiger partial charge on any atom is -0.434 e. The Morgan fingerprint density at radius 2 is 1.55 bits per heavy atom. The molecule has 0 aliphatic carbocycles. The van der Waals surface area contributed by atoms with Crippen LogP contribution >= 0.6 is 23.2 Å². The first-order chi connectivity index (χ1) is 10.2. The molecular weight excluding hydrogens is 350 g/mol. The van der Waals surface area contributed by atoms with Crippen LogP contribution in [-0.4, -0.2) is 6.61 Å². The average Bonchev–Trinajstić information content (AvgIpc) is 2.37. The summed E-state index contributed by atoms with van der Waals surface area (Å²) in [5.41, 5.74) is -0.859. The summed E-state index contributed by atoms with van der Waals surface area (Å²) in [5.74, 6) is -0.617. The Bertz CT molecular complexity index is 685. The first-order valence-corrected chi connectivity index (χ1v) is 6.55. The molecule has 0 fully saturated rings. The smallest absolute Gasteiger partial charge is 0.416 e. The van der Waals surface area contributed by atoms with Crippen LogP contribution in [0.4, 0.5) is 22.0 Å². The van der Waals surface area contributed by atoms with Gasteiger partial charge in [0.25, 0.3) is 0 Å². The minimum atomic E-state index is -4.68. The van der Waals surface area contributed by atoms with Gasteiger partial charge in [0.1, 0.15) is 5.75 Å². The zero-order valence-corrected chi connectivity index (χ0v) is 12.1. The Hall–Kier alpha value is -1.53. The van der Waals surface area contributed by atoms with E-state index < -0.39 is 24.1 Å².